The third-order valence-corrected chi connectivity index (χ3v) is 4.92. The first-order valence-electron chi connectivity index (χ1n) is 5.90. The molecule has 3 atom stereocenters. The Kier molecular flexibility index (Phi) is 2.68. The van der Waals surface area contributed by atoms with Crippen LogP contribution in [0.15, 0.2) is 18.2 Å². The van der Waals surface area contributed by atoms with E-state index in [2.05, 4.69) is 12.2 Å². The summed E-state index contributed by atoms with van der Waals surface area (Å²) < 4.78 is 13.2. The summed E-state index contributed by atoms with van der Waals surface area (Å²) in [5, 5.41) is 4.27. The Morgan fingerprint density at radius 1 is 1.44 bits per heavy atom. The predicted molar refractivity (Wildman–Crippen MR) is 66.3 cm³/mol. The summed E-state index contributed by atoms with van der Waals surface area (Å²) in [7, 11) is 0. The summed E-state index contributed by atoms with van der Waals surface area (Å²) in [6.07, 6.45) is 2.25. The van der Waals surface area contributed by atoms with Crippen LogP contribution in [0.3, 0.4) is 0 Å². The maximum Gasteiger partial charge on any atom is 0.123 e. The van der Waals surface area contributed by atoms with Crippen LogP contribution in [-0.2, 0) is 6.42 Å². The molecule has 3 unspecified atom stereocenters. The molecule has 0 amide bonds. The van der Waals surface area contributed by atoms with Crippen LogP contribution in [0, 0.1) is 5.82 Å². The van der Waals surface area contributed by atoms with Crippen molar-refractivity contribution in [3.63, 3.8) is 0 Å². The molecule has 1 heterocycles. The van der Waals surface area contributed by atoms with E-state index in [9.17, 15) is 4.39 Å². The highest BCUT2D eigenvalue weighted by molar-refractivity contribution is 7.99. The van der Waals surface area contributed by atoms with Crippen LogP contribution in [0.5, 0.6) is 0 Å². The van der Waals surface area contributed by atoms with Gasteiger partial charge in [-0.3, -0.25) is 0 Å². The summed E-state index contributed by atoms with van der Waals surface area (Å²) in [5.74, 6) is 1.11. The van der Waals surface area contributed by atoms with Gasteiger partial charge in [-0.2, -0.15) is 11.8 Å². The Labute approximate surface area is 99.8 Å². The minimum absolute atomic E-state index is 0.103. The standard InChI is InChI=1S/C13H16FNS/c1-8-4-5-16-12-7-9-6-10(14)2-3-11(9)13(12)15-8/h2-3,6,8,12-13,15H,4-5,7H2,1H3. The van der Waals surface area contributed by atoms with E-state index in [1.807, 2.05) is 17.8 Å². The van der Waals surface area contributed by atoms with Gasteiger partial charge in [0, 0.05) is 17.3 Å². The van der Waals surface area contributed by atoms with Crippen LogP contribution >= 0.6 is 11.8 Å². The van der Waals surface area contributed by atoms with Crippen molar-refractivity contribution in [1.82, 2.24) is 5.32 Å². The van der Waals surface area contributed by atoms with Gasteiger partial charge in [0.15, 0.2) is 0 Å². The summed E-state index contributed by atoms with van der Waals surface area (Å²) in [6.45, 7) is 2.24. The smallest absolute Gasteiger partial charge is 0.123 e. The van der Waals surface area contributed by atoms with E-state index in [4.69, 9.17) is 0 Å². The number of halogens is 1. The molecule has 1 fully saturated rings. The van der Waals surface area contributed by atoms with Crippen LogP contribution in [-0.4, -0.2) is 17.0 Å². The number of rotatable bonds is 0. The molecule has 1 aromatic carbocycles. The van der Waals surface area contributed by atoms with E-state index in [0.717, 1.165) is 6.42 Å². The lowest BCUT2D eigenvalue weighted by atomic mass is 10.1. The molecule has 16 heavy (non-hydrogen) atoms. The molecule has 2 aliphatic rings. The molecular formula is C13H16FNS. The minimum atomic E-state index is -0.103. The van der Waals surface area contributed by atoms with Gasteiger partial charge in [-0.25, -0.2) is 4.39 Å². The highest BCUT2D eigenvalue weighted by Crippen LogP contribution is 2.41. The molecule has 1 saturated heterocycles. The van der Waals surface area contributed by atoms with E-state index < -0.39 is 0 Å². The van der Waals surface area contributed by atoms with Crippen LogP contribution in [0.25, 0.3) is 0 Å². The SMILES string of the molecule is CC1CCSC2Cc3cc(F)ccc3C2N1. The predicted octanol–water partition coefficient (Wildman–Crippen LogP) is 2.91. The maximum atomic E-state index is 13.2. The first kappa shape index (κ1) is 10.6. The second-order valence-electron chi connectivity index (χ2n) is 4.79. The lowest BCUT2D eigenvalue weighted by Gasteiger charge is -2.20. The van der Waals surface area contributed by atoms with E-state index in [0.29, 0.717) is 17.3 Å². The van der Waals surface area contributed by atoms with Gasteiger partial charge in [0.05, 0.1) is 0 Å². The van der Waals surface area contributed by atoms with E-state index in [1.54, 1.807) is 12.1 Å². The van der Waals surface area contributed by atoms with Crippen molar-refractivity contribution < 1.29 is 4.39 Å². The Bertz CT molecular complexity index is 407. The van der Waals surface area contributed by atoms with Gasteiger partial charge in [-0.05, 0) is 48.8 Å². The quantitative estimate of drug-likeness (QED) is 0.744. The minimum Gasteiger partial charge on any atom is -0.306 e. The van der Waals surface area contributed by atoms with Gasteiger partial charge >= 0.3 is 0 Å². The summed E-state index contributed by atoms with van der Waals surface area (Å²) in [5.41, 5.74) is 2.51. The number of nitrogens with one attached hydrogen (secondary N) is 1. The first-order valence-corrected chi connectivity index (χ1v) is 6.95. The molecule has 1 nitrogen and oxygen atoms in total. The van der Waals surface area contributed by atoms with Crippen molar-refractivity contribution in [2.24, 2.45) is 0 Å². The van der Waals surface area contributed by atoms with Crippen molar-refractivity contribution >= 4 is 11.8 Å². The summed E-state index contributed by atoms with van der Waals surface area (Å²) in [4.78, 5) is 0. The summed E-state index contributed by atoms with van der Waals surface area (Å²) in [6, 6.07) is 6.25. The number of fused-ring (bicyclic) bond motifs is 3. The zero-order valence-corrected chi connectivity index (χ0v) is 10.2. The molecule has 1 N–H and O–H groups in total. The molecule has 1 aliphatic heterocycles. The van der Waals surface area contributed by atoms with E-state index >= 15 is 0 Å². The topological polar surface area (TPSA) is 12.0 Å². The fourth-order valence-electron chi connectivity index (χ4n) is 2.73. The average molecular weight is 237 g/mol. The Morgan fingerprint density at radius 3 is 3.19 bits per heavy atom. The fraction of sp³-hybridized carbons (Fsp3) is 0.538. The van der Waals surface area contributed by atoms with Gasteiger partial charge in [0.2, 0.25) is 0 Å². The Morgan fingerprint density at radius 2 is 2.31 bits per heavy atom. The van der Waals surface area contributed by atoms with Gasteiger partial charge in [-0.1, -0.05) is 6.07 Å². The molecule has 3 heteroatoms. The number of hydrogen-bond donors (Lipinski definition) is 1. The Hall–Kier alpha value is -0.540. The Balaban J connectivity index is 1.95. The van der Waals surface area contributed by atoms with Crippen LogP contribution in [0.2, 0.25) is 0 Å². The fourth-order valence-corrected chi connectivity index (χ4v) is 4.24. The molecule has 0 spiro atoms. The third kappa shape index (κ3) is 1.76. The molecule has 0 radical (unpaired) electrons. The molecule has 86 valence electrons. The van der Waals surface area contributed by atoms with Crippen molar-refractivity contribution in [2.75, 3.05) is 5.75 Å². The monoisotopic (exact) mass is 237 g/mol. The van der Waals surface area contributed by atoms with Crippen LogP contribution < -0.4 is 5.32 Å². The maximum absolute atomic E-state index is 13.2. The first-order chi connectivity index (χ1) is 7.74. The number of thioether (sulfide) groups is 1. The highest BCUT2D eigenvalue weighted by atomic mass is 32.2. The van der Waals surface area contributed by atoms with Crippen molar-refractivity contribution in [1.29, 1.82) is 0 Å². The normalized spacial score (nSPS) is 33.0. The van der Waals surface area contributed by atoms with Crippen molar-refractivity contribution in [3.05, 3.63) is 35.1 Å². The van der Waals surface area contributed by atoms with Crippen molar-refractivity contribution in [3.8, 4) is 0 Å². The van der Waals surface area contributed by atoms with Crippen molar-refractivity contribution in [2.45, 2.75) is 37.1 Å². The average Bonchev–Trinajstić information content (AvgIpc) is 2.45. The summed E-state index contributed by atoms with van der Waals surface area (Å²) >= 11 is 2.04. The van der Waals surface area contributed by atoms with Gasteiger partial charge < -0.3 is 5.32 Å². The zero-order valence-electron chi connectivity index (χ0n) is 9.37. The molecule has 1 aromatic rings. The second-order valence-corrected chi connectivity index (χ2v) is 6.14. The third-order valence-electron chi connectivity index (χ3n) is 3.58. The van der Waals surface area contributed by atoms with Gasteiger partial charge in [0.25, 0.3) is 0 Å². The molecule has 1 aliphatic carbocycles. The molecule has 0 bridgehead atoms. The lowest BCUT2D eigenvalue weighted by molar-refractivity contribution is 0.464. The molecule has 3 rings (SSSR count). The van der Waals surface area contributed by atoms with E-state index in [-0.39, 0.29) is 5.82 Å². The second kappa shape index (κ2) is 4.04. The van der Waals surface area contributed by atoms with Crippen LogP contribution in [0.4, 0.5) is 4.39 Å². The number of benzene rings is 1. The van der Waals surface area contributed by atoms with Gasteiger partial charge in [-0.15, -0.1) is 0 Å². The number of hydrogen-bond acceptors (Lipinski definition) is 2. The zero-order chi connectivity index (χ0) is 11.1. The highest BCUT2D eigenvalue weighted by Gasteiger charge is 2.35. The van der Waals surface area contributed by atoms with Crippen LogP contribution in [0.1, 0.15) is 30.5 Å². The van der Waals surface area contributed by atoms with Gasteiger partial charge in [0.1, 0.15) is 5.82 Å². The largest absolute Gasteiger partial charge is 0.306 e. The lowest BCUT2D eigenvalue weighted by Crippen LogP contribution is -2.31. The molecular weight excluding hydrogens is 221 g/mol. The molecule has 0 aromatic heterocycles. The molecule has 0 saturated carbocycles. The van der Waals surface area contributed by atoms with E-state index in [1.165, 1.54) is 23.3 Å².